The van der Waals surface area contributed by atoms with Crippen molar-refractivity contribution in [3.8, 4) is 0 Å². The van der Waals surface area contributed by atoms with Crippen LogP contribution in [-0.4, -0.2) is 25.9 Å². The fourth-order valence-electron chi connectivity index (χ4n) is 2.41. The summed E-state index contributed by atoms with van der Waals surface area (Å²) < 4.78 is 12.2. The van der Waals surface area contributed by atoms with Gasteiger partial charge in [-0.3, -0.25) is 14.4 Å². The average Bonchev–Trinajstić information content (AvgIpc) is 2.62. The van der Waals surface area contributed by atoms with E-state index in [4.69, 9.17) is 0 Å². The van der Waals surface area contributed by atoms with Gasteiger partial charge in [-0.2, -0.15) is 5.10 Å². The maximum Gasteiger partial charge on any atom is 0.180 e. The van der Waals surface area contributed by atoms with Crippen LogP contribution in [0.2, 0.25) is 0 Å². The number of carbonyl (C=O) groups excluding carboxylic acids is 1. The third-order valence-corrected chi connectivity index (χ3v) is 6.16. The van der Waals surface area contributed by atoms with Crippen molar-refractivity contribution in [1.29, 1.82) is 0 Å². The molecule has 0 bridgehead atoms. The second kappa shape index (κ2) is 7.10. The van der Waals surface area contributed by atoms with Crippen molar-refractivity contribution in [3.05, 3.63) is 71.8 Å². The van der Waals surface area contributed by atoms with Gasteiger partial charge in [0.05, 0.1) is 16.8 Å². The van der Waals surface area contributed by atoms with Crippen molar-refractivity contribution >= 4 is 32.7 Å². The van der Waals surface area contributed by atoms with E-state index in [1.807, 2.05) is 48.5 Å². The lowest BCUT2D eigenvalue weighted by molar-refractivity contribution is 0.0976. The van der Waals surface area contributed by atoms with E-state index in [-0.39, 0.29) is 11.8 Å². The number of hydrazone groups is 1. The van der Waals surface area contributed by atoms with Crippen LogP contribution in [0.3, 0.4) is 0 Å². The van der Waals surface area contributed by atoms with E-state index in [1.165, 1.54) is 11.8 Å². The SMILES string of the molecule is CS(=O)C1=NN[C@H](c2ccccc2)[C@@H](C(=O)c2ccccc2)S1. The highest BCUT2D eigenvalue weighted by Gasteiger charge is 2.36. The monoisotopic (exact) mass is 344 g/mol. The molecular formula is C17H16N2O2S2. The zero-order chi connectivity index (χ0) is 16.2. The molecule has 0 fully saturated rings. The van der Waals surface area contributed by atoms with Gasteiger partial charge in [-0.05, 0) is 5.56 Å². The first-order chi connectivity index (χ1) is 11.2. The molecule has 23 heavy (non-hydrogen) atoms. The molecule has 0 amide bonds. The average molecular weight is 344 g/mol. The Bertz CT molecular complexity index is 748. The van der Waals surface area contributed by atoms with Gasteiger partial charge in [-0.25, -0.2) is 0 Å². The minimum atomic E-state index is -1.22. The van der Waals surface area contributed by atoms with Crippen molar-refractivity contribution in [2.45, 2.75) is 11.3 Å². The van der Waals surface area contributed by atoms with Crippen LogP contribution in [0, 0.1) is 0 Å². The van der Waals surface area contributed by atoms with Crippen LogP contribution in [0.1, 0.15) is 22.0 Å². The van der Waals surface area contributed by atoms with Gasteiger partial charge in [0.1, 0.15) is 5.25 Å². The van der Waals surface area contributed by atoms with Gasteiger partial charge in [0.25, 0.3) is 0 Å². The summed E-state index contributed by atoms with van der Waals surface area (Å²) in [6.45, 7) is 0. The highest BCUT2D eigenvalue weighted by atomic mass is 32.2. The van der Waals surface area contributed by atoms with E-state index < -0.39 is 16.0 Å². The number of rotatable bonds is 3. The number of thioether (sulfide) groups is 1. The summed E-state index contributed by atoms with van der Waals surface area (Å²) in [6, 6.07) is 18.7. The molecule has 2 aromatic carbocycles. The minimum absolute atomic E-state index is 0.00908. The number of hydrogen-bond acceptors (Lipinski definition) is 5. The van der Waals surface area contributed by atoms with E-state index in [2.05, 4.69) is 10.5 Å². The highest BCUT2D eigenvalue weighted by Crippen LogP contribution is 2.34. The molecule has 0 aliphatic carbocycles. The summed E-state index contributed by atoms with van der Waals surface area (Å²) in [6.07, 6.45) is 1.57. The van der Waals surface area contributed by atoms with Crippen LogP contribution in [0.15, 0.2) is 65.8 Å². The Morgan fingerprint density at radius 1 is 1.09 bits per heavy atom. The Kier molecular flexibility index (Phi) is 4.93. The Morgan fingerprint density at radius 3 is 2.30 bits per heavy atom. The van der Waals surface area contributed by atoms with E-state index >= 15 is 0 Å². The summed E-state index contributed by atoms with van der Waals surface area (Å²) in [5, 5.41) is 3.78. The lowest BCUT2D eigenvalue weighted by Gasteiger charge is -2.29. The topological polar surface area (TPSA) is 58.5 Å². The molecule has 0 spiro atoms. The molecule has 2 aromatic rings. The van der Waals surface area contributed by atoms with Gasteiger partial charge >= 0.3 is 0 Å². The van der Waals surface area contributed by atoms with Crippen molar-refractivity contribution in [1.82, 2.24) is 5.43 Å². The first-order valence-corrected chi connectivity index (χ1v) is 9.58. The largest absolute Gasteiger partial charge is 0.299 e. The predicted octanol–water partition coefficient (Wildman–Crippen LogP) is 2.97. The number of benzene rings is 2. The summed E-state index contributed by atoms with van der Waals surface area (Å²) in [7, 11) is -1.22. The predicted molar refractivity (Wildman–Crippen MR) is 96.0 cm³/mol. The van der Waals surface area contributed by atoms with Crippen molar-refractivity contribution in [3.63, 3.8) is 0 Å². The van der Waals surface area contributed by atoms with E-state index in [9.17, 15) is 9.00 Å². The Hall–Kier alpha value is -1.92. The molecule has 0 radical (unpaired) electrons. The van der Waals surface area contributed by atoms with Gasteiger partial charge in [-0.1, -0.05) is 72.4 Å². The lowest BCUT2D eigenvalue weighted by Crippen LogP contribution is -2.38. The zero-order valence-corrected chi connectivity index (χ0v) is 14.1. The second-order valence-electron chi connectivity index (χ2n) is 5.12. The lowest BCUT2D eigenvalue weighted by atomic mass is 9.98. The maximum absolute atomic E-state index is 12.9. The number of hydrogen-bond donors (Lipinski definition) is 1. The van der Waals surface area contributed by atoms with Crippen LogP contribution in [0.5, 0.6) is 0 Å². The minimum Gasteiger partial charge on any atom is -0.299 e. The van der Waals surface area contributed by atoms with Crippen molar-refractivity contribution < 1.29 is 9.00 Å². The third-order valence-electron chi connectivity index (χ3n) is 3.55. The van der Waals surface area contributed by atoms with Gasteiger partial charge in [0.15, 0.2) is 10.2 Å². The molecular weight excluding hydrogens is 328 g/mol. The molecule has 118 valence electrons. The van der Waals surface area contributed by atoms with Crippen molar-refractivity contribution in [2.24, 2.45) is 5.10 Å². The molecule has 0 saturated carbocycles. The van der Waals surface area contributed by atoms with Crippen LogP contribution in [-0.2, 0) is 10.8 Å². The highest BCUT2D eigenvalue weighted by molar-refractivity contribution is 8.33. The van der Waals surface area contributed by atoms with Gasteiger partial charge in [0, 0.05) is 11.8 Å². The van der Waals surface area contributed by atoms with E-state index in [0.29, 0.717) is 9.94 Å². The fourth-order valence-corrected chi connectivity index (χ4v) is 4.36. The molecule has 4 nitrogen and oxygen atoms in total. The summed E-state index contributed by atoms with van der Waals surface area (Å²) in [5.74, 6) is 0.00908. The van der Waals surface area contributed by atoms with Crippen LogP contribution < -0.4 is 5.43 Å². The second-order valence-corrected chi connectivity index (χ2v) is 7.80. The van der Waals surface area contributed by atoms with E-state index in [1.54, 1.807) is 18.4 Å². The summed E-state index contributed by atoms with van der Waals surface area (Å²) in [4.78, 5) is 12.9. The molecule has 1 unspecified atom stereocenters. The Morgan fingerprint density at radius 2 is 1.70 bits per heavy atom. The fraction of sp³-hybridized carbons (Fsp3) is 0.176. The quantitative estimate of drug-likeness (QED) is 0.870. The van der Waals surface area contributed by atoms with Gasteiger partial charge < -0.3 is 0 Å². The first kappa shape index (κ1) is 16.0. The van der Waals surface area contributed by atoms with Crippen molar-refractivity contribution in [2.75, 3.05) is 6.26 Å². The van der Waals surface area contributed by atoms with E-state index in [0.717, 1.165) is 5.56 Å². The number of nitrogens with one attached hydrogen (secondary N) is 1. The molecule has 3 rings (SSSR count). The first-order valence-electron chi connectivity index (χ1n) is 7.14. The van der Waals surface area contributed by atoms with Crippen LogP contribution in [0.25, 0.3) is 0 Å². The molecule has 0 saturated heterocycles. The Labute approximate surface area is 141 Å². The molecule has 6 heteroatoms. The molecule has 0 aromatic heterocycles. The maximum atomic E-state index is 12.9. The normalized spacial score (nSPS) is 21.9. The molecule has 1 aliphatic heterocycles. The van der Waals surface area contributed by atoms with Crippen LogP contribution in [0.4, 0.5) is 0 Å². The standard InChI is InChI=1S/C17H16N2O2S2/c1-23(21)17-19-18-14(12-8-4-2-5-9-12)16(22-17)15(20)13-10-6-3-7-11-13/h2-11,14,16,18H,1H3/t14-,16+,23?/m1/s1. The molecule has 3 atom stereocenters. The number of nitrogens with zero attached hydrogens (tertiary/aromatic N) is 1. The number of Topliss-reactive ketones (excluding diaryl/α,β-unsaturated/α-hetero) is 1. The summed E-state index contributed by atoms with van der Waals surface area (Å²) >= 11 is 1.28. The Balaban J connectivity index is 1.97. The smallest absolute Gasteiger partial charge is 0.180 e. The molecule has 1 N–H and O–H groups in total. The van der Waals surface area contributed by atoms with Gasteiger partial charge in [-0.15, -0.1) is 0 Å². The number of ketones is 1. The summed E-state index contributed by atoms with van der Waals surface area (Å²) in [5.41, 5.74) is 4.65. The van der Waals surface area contributed by atoms with Gasteiger partial charge in [0.2, 0.25) is 0 Å². The third kappa shape index (κ3) is 3.54. The number of carbonyl (C=O) groups is 1. The van der Waals surface area contributed by atoms with Crippen LogP contribution >= 0.6 is 11.8 Å². The zero-order valence-electron chi connectivity index (χ0n) is 12.5. The molecule has 1 aliphatic rings. The molecule has 1 heterocycles.